The van der Waals surface area contributed by atoms with Crippen LogP contribution < -0.4 is 10.1 Å². The van der Waals surface area contributed by atoms with Crippen molar-refractivity contribution in [2.45, 2.75) is 13.8 Å². The molecule has 0 spiro atoms. The molecule has 0 radical (unpaired) electrons. The fourth-order valence-electron chi connectivity index (χ4n) is 1.85. The lowest BCUT2D eigenvalue weighted by atomic mass is 10.3. The number of ether oxygens (including phenoxy) is 2. The normalized spacial score (nSPS) is 10.3. The van der Waals surface area contributed by atoms with Crippen LogP contribution in [0.15, 0.2) is 28.7 Å². The van der Waals surface area contributed by atoms with E-state index >= 15 is 0 Å². The van der Waals surface area contributed by atoms with Gasteiger partial charge < -0.3 is 14.8 Å². The molecule has 0 aliphatic heterocycles. The van der Waals surface area contributed by atoms with Crippen molar-refractivity contribution in [3.05, 3.63) is 45.0 Å². The van der Waals surface area contributed by atoms with Crippen LogP contribution in [0.25, 0.3) is 0 Å². The summed E-state index contributed by atoms with van der Waals surface area (Å²) >= 11 is 4.30. The summed E-state index contributed by atoms with van der Waals surface area (Å²) in [7, 11) is 0. The third kappa shape index (κ3) is 4.78. The van der Waals surface area contributed by atoms with E-state index in [0.717, 1.165) is 16.9 Å². The molecule has 0 bridgehead atoms. The Balaban J connectivity index is 1.95. The average Bonchev–Trinajstić information content (AvgIpc) is 2.87. The number of hydrogen-bond donors (Lipinski definition) is 1. The van der Waals surface area contributed by atoms with E-state index in [0.29, 0.717) is 20.1 Å². The molecule has 2 aromatic rings. The number of thiophene rings is 1. The van der Waals surface area contributed by atoms with Crippen LogP contribution in [0, 0.1) is 12.7 Å². The third-order valence-corrected chi connectivity index (χ3v) is 4.65. The lowest BCUT2D eigenvalue weighted by Gasteiger charge is -2.08. The number of aryl methyl sites for hydroxylation is 1. The minimum absolute atomic E-state index is 0.240. The Labute approximate surface area is 150 Å². The van der Waals surface area contributed by atoms with Crippen molar-refractivity contribution in [3.63, 3.8) is 0 Å². The second-order valence-corrected chi connectivity index (χ2v) is 6.66. The van der Waals surface area contributed by atoms with Crippen molar-refractivity contribution in [2.75, 3.05) is 18.5 Å². The zero-order valence-corrected chi connectivity index (χ0v) is 15.4. The molecule has 0 saturated heterocycles. The molecule has 5 nitrogen and oxygen atoms in total. The van der Waals surface area contributed by atoms with Gasteiger partial charge in [-0.15, -0.1) is 11.3 Å². The molecule has 1 N–H and O–H groups in total. The van der Waals surface area contributed by atoms with Gasteiger partial charge in [-0.25, -0.2) is 9.18 Å². The molecule has 1 aromatic heterocycles. The number of amides is 1. The smallest absolute Gasteiger partial charge is 0.348 e. The van der Waals surface area contributed by atoms with Gasteiger partial charge in [-0.1, -0.05) is 0 Å². The first kappa shape index (κ1) is 18.4. The number of halogens is 2. The van der Waals surface area contributed by atoms with Crippen molar-refractivity contribution in [2.24, 2.45) is 0 Å². The Bertz CT molecular complexity index is 763. The van der Waals surface area contributed by atoms with Crippen LogP contribution in [0.2, 0.25) is 0 Å². The van der Waals surface area contributed by atoms with Crippen molar-refractivity contribution < 1.29 is 23.5 Å². The van der Waals surface area contributed by atoms with Crippen molar-refractivity contribution in [1.29, 1.82) is 0 Å². The minimum Gasteiger partial charge on any atom is -0.483 e. The number of carbonyl (C=O) groups excluding carboxylic acids is 2. The highest BCUT2D eigenvalue weighted by Gasteiger charge is 2.16. The van der Waals surface area contributed by atoms with E-state index in [-0.39, 0.29) is 19.1 Å². The maximum atomic E-state index is 13.0. The number of anilines is 1. The molecule has 0 unspecified atom stereocenters. The quantitative estimate of drug-likeness (QED) is 0.719. The van der Waals surface area contributed by atoms with Gasteiger partial charge >= 0.3 is 5.97 Å². The summed E-state index contributed by atoms with van der Waals surface area (Å²) in [5.41, 5.74) is 0.732. The van der Waals surface area contributed by atoms with E-state index in [1.165, 1.54) is 18.2 Å². The molecule has 2 rings (SSSR count). The van der Waals surface area contributed by atoms with Gasteiger partial charge in [0.25, 0.3) is 5.91 Å². The van der Waals surface area contributed by atoms with Crippen LogP contribution in [0.3, 0.4) is 0 Å². The van der Waals surface area contributed by atoms with Gasteiger partial charge in [0.2, 0.25) is 0 Å². The maximum Gasteiger partial charge on any atom is 0.348 e. The summed E-state index contributed by atoms with van der Waals surface area (Å²) < 4.78 is 23.7. The Morgan fingerprint density at radius 1 is 1.33 bits per heavy atom. The van der Waals surface area contributed by atoms with Crippen molar-refractivity contribution in [1.82, 2.24) is 0 Å². The summed E-state index contributed by atoms with van der Waals surface area (Å²) in [4.78, 5) is 24.2. The zero-order chi connectivity index (χ0) is 17.7. The number of esters is 1. The van der Waals surface area contributed by atoms with Crippen LogP contribution in [0.5, 0.6) is 5.75 Å². The van der Waals surface area contributed by atoms with Gasteiger partial charge in [-0.3, -0.25) is 4.79 Å². The molecule has 24 heavy (non-hydrogen) atoms. The first-order valence-corrected chi connectivity index (χ1v) is 8.67. The van der Waals surface area contributed by atoms with Crippen LogP contribution in [-0.2, 0) is 9.53 Å². The monoisotopic (exact) mass is 415 g/mol. The molecular weight excluding hydrogens is 401 g/mol. The van der Waals surface area contributed by atoms with Crippen molar-refractivity contribution >= 4 is 44.1 Å². The highest BCUT2D eigenvalue weighted by Crippen LogP contribution is 2.28. The fourth-order valence-corrected chi connectivity index (χ4v) is 3.30. The standard InChI is InChI=1S/C16H15BrFNO4S/c1-3-22-16(21)15-9(2)6-14(24-15)19-13(20)8-23-12-5-4-10(18)7-11(12)17/h4-7H,3,8H2,1-2H3,(H,19,20). The predicted octanol–water partition coefficient (Wildman–Crippen LogP) is 4.15. The molecular formula is C16H15BrFNO4S. The Kier molecular flexibility index (Phi) is 6.33. The number of carbonyl (C=O) groups is 2. The lowest BCUT2D eigenvalue weighted by Crippen LogP contribution is -2.19. The summed E-state index contributed by atoms with van der Waals surface area (Å²) in [5, 5.41) is 3.19. The summed E-state index contributed by atoms with van der Waals surface area (Å²) in [6, 6.07) is 5.62. The molecule has 0 atom stereocenters. The number of rotatable bonds is 6. The number of hydrogen-bond acceptors (Lipinski definition) is 5. The van der Waals surface area contributed by atoms with E-state index in [9.17, 15) is 14.0 Å². The molecule has 8 heteroatoms. The molecule has 0 aliphatic rings. The lowest BCUT2D eigenvalue weighted by molar-refractivity contribution is -0.118. The third-order valence-electron chi connectivity index (χ3n) is 2.89. The largest absolute Gasteiger partial charge is 0.483 e. The molecule has 0 fully saturated rings. The highest BCUT2D eigenvalue weighted by molar-refractivity contribution is 9.10. The second kappa shape index (κ2) is 8.25. The summed E-state index contributed by atoms with van der Waals surface area (Å²) in [5.74, 6) is -0.838. The van der Waals surface area contributed by atoms with E-state index in [2.05, 4.69) is 21.2 Å². The Hall–Kier alpha value is -1.93. The van der Waals surface area contributed by atoms with Gasteiger partial charge in [0, 0.05) is 0 Å². The minimum atomic E-state index is -0.410. The molecule has 1 amide bonds. The van der Waals surface area contributed by atoms with Gasteiger partial charge in [0.15, 0.2) is 6.61 Å². The first-order valence-electron chi connectivity index (χ1n) is 7.06. The molecule has 1 aromatic carbocycles. The Morgan fingerprint density at radius 3 is 2.75 bits per heavy atom. The van der Waals surface area contributed by atoms with Gasteiger partial charge in [-0.05, 0) is 59.6 Å². The van der Waals surface area contributed by atoms with E-state index in [4.69, 9.17) is 9.47 Å². The summed E-state index contributed by atoms with van der Waals surface area (Å²) in [6.07, 6.45) is 0. The van der Waals surface area contributed by atoms with E-state index in [1.807, 2.05) is 0 Å². The van der Waals surface area contributed by atoms with Crippen LogP contribution in [0.4, 0.5) is 9.39 Å². The number of benzene rings is 1. The molecule has 0 saturated carbocycles. The first-order chi connectivity index (χ1) is 11.4. The van der Waals surface area contributed by atoms with Crippen LogP contribution in [-0.4, -0.2) is 25.1 Å². The Morgan fingerprint density at radius 2 is 2.08 bits per heavy atom. The average molecular weight is 416 g/mol. The molecule has 1 heterocycles. The van der Waals surface area contributed by atoms with Crippen LogP contribution in [0.1, 0.15) is 22.2 Å². The fraction of sp³-hybridized carbons (Fsp3) is 0.250. The number of nitrogens with one attached hydrogen (secondary N) is 1. The van der Waals surface area contributed by atoms with E-state index < -0.39 is 11.8 Å². The van der Waals surface area contributed by atoms with Gasteiger partial charge in [0.1, 0.15) is 16.4 Å². The second-order valence-electron chi connectivity index (χ2n) is 4.75. The highest BCUT2D eigenvalue weighted by atomic mass is 79.9. The van der Waals surface area contributed by atoms with E-state index in [1.54, 1.807) is 19.9 Å². The maximum absolute atomic E-state index is 13.0. The SMILES string of the molecule is CCOC(=O)c1sc(NC(=O)COc2ccc(F)cc2Br)cc1C. The molecule has 0 aliphatic carbocycles. The van der Waals surface area contributed by atoms with Gasteiger partial charge in [-0.2, -0.15) is 0 Å². The van der Waals surface area contributed by atoms with Crippen molar-refractivity contribution in [3.8, 4) is 5.75 Å². The molecule has 128 valence electrons. The topological polar surface area (TPSA) is 64.6 Å². The predicted molar refractivity (Wildman–Crippen MR) is 93.2 cm³/mol. The van der Waals surface area contributed by atoms with Crippen LogP contribution >= 0.6 is 27.3 Å². The summed E-state index contributed by atoms with van der Waals surface area (Å²) in [6.45, 7) is 3.55. The van der Waals surface area contributed by atoms with Gasteiger partial charge in [0.05, 0.1) is 16.1 Å². The zero-order valence-electron chi connectivity index (χ0n) is 13.0.